The Balaban J connectivity index is 1.58. The van der Waals surface area contributed by atoms with Crippen LogP contribution in [-0.4, -0.2) is 23.0 Å². The van der Waals surface area contributed by atoms with Crippen LogP contribution in [0.1, 0.15) is 33.4 Å². The Labute approximate surface area is 208 Å². The minimum Gasteiger partial charge on any atom is -0.495 e. The van der Waals surface area contributed by atoms with Gasteiger partial charge in [-0.2, -0.15) is 0 Å². The lowest BCUT2D eigenvalue weighted by molar-refractivity contribution is 0.102. The number of methoxy groups -OCH3 is 1. The summed E-state index contributed by atoms with van der Waals surface area (Å²) in [7, 11) is 1.64. The van der Waals surface area contributed by atoms with Gasteiger partial charge in [-0.1, -0.05) is 30.3 Å². The largest absolute Gasteiger partial charge is 0.495 e. The van der Waals surface area contributed by atoms with Crippen LogP contribution >= 0.6 is 0 Å². The molecule has 6 nitrogen and oxygen atoms in total. The number of carbonyl (C=O) groups excluding carboxylic acids is 1. The monoisotopic (exact) mass is 480 g/mol. The fourth-order valence-corrected chi connectivity index (χ4v) is 4.40. The predicted molar refractivity (Wildman–Crippen MR) is 140 cm³/mol. The summed E-state index contributed by atoms with van der Waals surface area (Å²) in [6.07, 6.45) is 1.76. The number of carbonyl (C=O) groups is 1. The molecule has 0 aliphatic carbocycles. The predicted octanol–water partition coefficient (Wildman–Crippen LogP) is 6.47. The van der Waals surface area contributed by atoms with Gasteiger partial charge < -0.3 is 20.4 Å². The molecule has 5 aromatic rings. The second-order valence-electron chi connectivity index (χ2n) is 8.39. The number of nitrogens with one attached hydrogen (secondary N) is 3. The maximum Gasteiger partial charge on any atom is 0.258 e. The molecule has 7 heteroatoms. The molecule has 0 fully saturated rings. The van der Waals surface area contributed by atoms with Crippen molar-refractivity contribution < 1.29 is 13.9 Å². The molecule has 2 heterocycles. The molecule has 5 rings (SSSR count). The number of amides is 1. The molecule has 3 aromatic carbocycles. The van der Waals surface area contributed by atoms with E-state index in [-0.39, 0.29) is 11.6 Å². The average molecular weight is 481 g/mol. The van der Waals surface area contributed by atoms with E-state index in [1.165, 1.54) is 12.1 Å². The minimum atomic E-state index is -0.564. The molecule has 1 amide bonds. The van der Waals surface area contributed by atoms with E-state index >= 15 is 0 Å². The van der Waals surface area contributed by atoms with E-state index in [0.717, 1.165) is 33.5 Å². The molecular weight excluding hydrogens is 455 g/mol. The van der Waals surface area contributed by atoms with Gasteiger partial charge in [-0.25, -0.2) is 4.39 Å². The summed E-state index contributed by atoms with van der Waals surface area (Å²) < 4.78 is 19.7. The fourth-order valence-electron chi connectivity index (χ4n) is 4.40. The van der Waals surface area contributed by atoms with Gasteiger partial charge in [0.05, 0.1) is 30.1 Å². The molecule has 36 heavy (non-hydrogen) atoms. The summed E-state index contributed by atoms with van der Waals surface area (Å²) in [5.74, 6) is -0.353. The van der Waals surface area contributed by atoms with E-state index < -0.39 is 11.7 Å². The number of pyridine rings is 1. The molecule has 0 radical (unpaired) electrons. The van der Waals surface area contributed by atoms with Crippen molar-refractivity contribution in [2.75, 3.05) is 17.7 Å². The third kappa shape index (κ3) is 4.51. The van der Waals surface area contributed by atoms with Crippen molar-refractivity contribution in [1.29, 1.82) is 0 Å². The van der Waals surface area contributed by atoms with Gasteiger partial charge in [0.1, 0.15) is 11.6 Å². The Bertz CT molecular complexity index is 1530. The molecule has 3 N–H and O–H groups in total. The topological polar surface area (TPSA) is 79.0 Å². The number of anilines is 2. The highest BCUT2D eigenvalue weighted by atomic mass is 19.1. The molecule has 0 spiro atoms. The van der Waals surface area contributed by atoms with Crippen molar-refractivity contribution in [3.05, 3.63) is 119 Å². The molecule has 0 aliphatic rings. The number of aromatic nitrogens is 2. The Morgan fingerprint density at radius 2 is 1.78 bits per heavy atom. The molecular formula is C29H25FN4O2. The number of nitrogens with zero attached hydrogens (tertiary/aromatic N) is 1. The van der Waals surface area contributed by atoms with E-state index in [1.54, 1.807) is 31.5 Å². The van der Waals surface area contributed by atoms with Crippen LogP contribution in [0.2, 0.25) is 0 Å². The van der Waals surface area contributed by atoms with Crippen molar-refractivity contribution in [1.82, 2.24) is 9.97 Å². The van der Waals surface area contributed by atoms with Gasteiger partial charge in [0.15, 0.2) is 0 Å². The van der Waals surface area contributed by atoms with Crippen molar-refractivity contribution in [2.24, 2.45) is 0 Å². The number of aromatic amines is 1. The maximum atomic E-state index is 14.1. The normalized spacial score (nSPS) is 11.8. The number of aryl methyl sites for hydroxylation is 1. The van der Waals surface area contributed by atoms with Crippen molar-refractivity contribution in [2.45, 2.75) is 13.0 Å². The molecule has 0 saturated heterocycles. The summed E-state index contributed by atoms with van der Waals surface area (Å²) in [4.78, 5) is 20.8. The minimum absolute atomic E-state index is 0.00716. The summed E-state index contributed by atoms with van der Waals surface area (Å²) in [6, 6.07) is 24.7. The Hall–Kier alpha value is -4.65. The first-order valence-electron chi connectivity index (χ1n) is 11.5. The van der Waals surface area contributed by atoms with Crippen LogP contribution in [0.4, 0.5) is 15.8 Å². The molecule has 180 valence electrons. The number of benzene rings is 3. The van der Waals surface area contributed by atoms with Crippen LogP contribution in [0.3, 0.4) is 0 Å². The first kappa shape index (κ1) is 23.1. The van der Waals surface area contributed by atoms with Crippen LogP contribution in [-0.2, 0) is 0 Å². The molecule has 0 bridgehead atoms. The van der Waals surface area contributed by atoms with Gasteiger partial charge in [-0.05, 0) is 61.5 Å². The van der Waals surface area contributed by atoms with E-state index in [2.05, 4.69) is 20.6 Å². The molecule has 1 unspecified atom stereocenters. The number of rotatable bonds is 7. The van der Waals surface area contributed by atoms with Crippen LogP contribution in [0.5, 0.6) is 5.75 Å². The average Bonchev–Trinajstić information content (AvgIpc) is 3.23. The lowest BCUT2D eigenvalue weighted by Gasteiger charge is -2.22. The second kappa shape index (κ2) is 9.92. The maximum absolute atomic E-state index is 14.1. The van der Waals surface area contributed by atoms with Crippen LogP contribution in [0.25, 0.3) is 10.9 Å². The summed E-state index contributed by atoms with van der Waals surface area (Å²) in [5, 5.41) is 7.34. The zero-order valence-corrected chi connectivity index (χ0v) is 19.9. The lowest BCUT2D eigenvalue weighted by Crippen LogP contribution is -2.15. The SMILES string of the molecule is COc1ccccc1NC(c1ccccn1)c1c(C)[nH]c2ccc(NC(=O)c3ccccc3F)cc12. The van der Waals surface area contributed by atoms with Crippen molar-refractivity contribution >= 4 is 28.2 Å². The summed E-state index contributed by atoms with van der Waals surface area (Å²) >= 11 is 0. The van der Waals surface area contributed by atoms with Crippen LogP contribution in [0.15, 0.2) is 91.1 Å². The zero-order valence-electron chi connectivity index (χ0n) is 19.9. The van der Waals surface area contributed by atoms with Gasteiger partial charge in [-0.3, -0.25) is 9.78 Å². The summed E-state index contributed by atoms with van der Waals surface area (Å²) in [5.41, 5.74) is 5.06. The van der Waals surface area contributed by atoms with E-state index in [9.17, 15) is 9.18 Å². The number of halogens is 1. The second-order valence-corrected chi connectivity index (χ2v) is 8.39. The highest BCUT2D eigenvalue weighted by Gasteiger charge is 2.23. The standard InChI is InChI=1S/C29H25FN4O2/c1-18-27(28(25-12-7-8-16-31-25)34-24-11-5-6-13-26(24)36-2)21-17-19(14-15-23(21)32-18)33-29(35)20-9-3-4-10-22(20)30/h3-17,28,32,34H,1-2H3,(H,33,35). The zero-order chi connectivity index (χ0) is 25.1. The van der Waals surface area contributed by atoms with Crippen LogP contribution < -0.4 is 15.4 Å². The van der Waals surface area contributed by atoms with Gasteiger partial charge in [0.25, 0.3) is 5.91 Å². The Morgan fingerprint density at radius 3 is 2.56 bits per heavy atom. The van der Waals surface area contributed by atoms with E-state index in [1.807, 2.05) is 61.5 Å². The first-order valence-corrected chi connectivity index (χ1v) is 11.5. The van der Waals surface area contributed by atoms with Crippen molar-refractivity contribution in [3.63, 3.8) is 0 Å². The molecule has 1 atom stereocenters. The quantitative estimate of drug-likeness (QED) is 0.249. The van der Waals surface area contributed by atoms with Gasteiger partial charge in [-0.15, -0.1) is 0 Å². The molecule has 0 aliphatic heterocycles. The number of H-pyrrole nitrogens is 1. The van der Waals surface area contributed by atoms with Crippen molar-refractivity contribution in [3.8, 4) is 5.75 Å². The molecule has 2 aromatic heterocycles. The van der Waals surface area contributed by atoms with E-state index in [4.69, 9.17) is 4.74 Å². The summed E-state index contributed by atoms with van der Waals surface area (Å²) in [6.45, 7) is 2.01. The van der Waals surface area contributed by atoms with Gasteiger partial charge in [0.2, 0.25) is 0 Å². The lowest BCUT2D eigenvalue weighted by atomic mass is 9.98. The van der Waals surface area contributed by atoms with Gasteiger partial charge >= 0.3 is 0 Å². The third-order valence-electron chi connectivity index (χ3n) is 6.09. The Kier molecular flexibility index (Phi) is 6.36. The smallest absolute Gasteiger partial charge is 0.258 e. The number of ether oxygens (including phenoxy) is 1. The fraction of sp³-hybridized carbons (Fsp3) is 0.103. The highest BCUT2D eigenvalue weighted by Crippen LogP contribution is 2.37. The van der Waals surface area contributed by atoms with Gasteiger partial charge in [0, 0.05) is 34.0 Å². The molecule has 0 saturated carbocycles. The Morgan fingerprint density at radius 1 is 1.00 bits per heavy atom. The number of hydrogen-bond donors (Lipinski definition) is 3. The number of fused-ring (bicyclic) bond motifs is 1. The van der Waals surface area contributed by atoms with E-state index in [0.29, 0.717) is 11.4 Å². The third-order valence-corrected chi connectivity index (χ3v) is 6.09. The highest BCUT2D eigenvalue weighted by molar-refractivity contribution is 6.05. The number of para-hydroxylation sites is 2. The first-order chi connectivity index (χ1) is 17.5. The number of hydrogen-bond acceptors (Lipinski definition) is 4. The van der Waals surface area contributed by atoms with Crippen LogP contribution in [0, 0.1) is 12.7 Å².